The van der Waals surface area contributed by atoms with Crippen molar-refractivity contribution in [3.05, 3.63) is 0 Å². The molecule has 1 saturated carbocycles. The molecule has 0 aromatic carbocycles. The predicted octanol–water partition coefficient (Wildman–Crippen LogP) is 1.47. The van der Waals surface area contributed by atoms with Gasteiger partial charge in [0, 0.05) is 32.2 Å². The Hall–Kier alpha value is -0.610. The van der Waals surface area contributed by atoms with Crippen LogP contribution in [-0.4, -0.2) is 50.1 Å². The van der Waals surface area contributed by atoms with Gasteiger partial charge in [-0.1, -0.05) is 27.7 Å². The third kappa shape index (κ3) is 5.11. The first kappa shape index (κ1) is 16.4. The lowest BCUT2D eigenvalue weighted by atomic mass is 9.91. The molecule has 1 amide bonds. The predicted molar refractivity (Wildman–Crippen MR) is 80.2 cm³/mol. The number of likely N-dealkylation sites (N-methyl/N-ethyl adjacent to an activating group) is 1. The number of carbonyl (C=O) groups excluding carboxylic acids is 1. The van der Waals surface area contributed by atoms with E-state index < -0.39 is 0 Å². The summed E-state index contributed by atoms with van der Waals surface area (Å²) in [6.45, 7) is 12.3. The fraction of sp³-hybridized carbons (Fsp3) is 0.933. The highest BCUT2D eigenvalue weighted by Crippen LogP contribution is 2.51. The third-order valence-corrected chi connectivity index (χ3v) is 4.17. The topological polar surface area (TPSA) is 44.4 Å². The lowest BCUT2D eigenvalue weighted by Crippen LogP contribution is -2.40. The average molecular weight is 269 g/mol. The monoisotopic (exact) mass is 269 g/mol. The molecular formula is C15H31N3O. The van der Waals surface area contributed by atoms with Gasteiger partial charge in [-0.3, -0.25) is 4.79 Å². The van der Waals surface area contributed by atoms with Crippen LogP contribution in [0.2, 0.25) is 0 Å². The lowest BCUT2D eigenvalue weighted by Gasteiger charge is -2.21. The molecule has 4 nitrogen and oxygen atoms in total. The molecule has 112 valence electrons. The zero-order chi connectivity index (χ0) is 14.5. The van der Waals surface area contributed by atoms with E-state index in [0.29, 0.717) is 12.0 Å². The summed E-state index contributed by atoms with van der Waals surface area (Å²) < 4.78 is 0. The van der Waals surface area contributed by atoms with Gasteiger partial charge in [0.25, 0.3) is 0 Å². The maximum atomic E-state index is 12.1. The molecule has 0 spiro atoms. The molecule has 1 fully saturated rings. The molecule has 0 aromatic heterocycles. The van der Waals surface area contributed by atoms with Crippen molar-refractivity contribution in [2.75, 3.05) is 33.2 Å². The summed E-state index contributed by atoms with van der Waals surface area (Å²) in [6, 6.07) is 0.536. The molecular weight excluding hydrogens is 238 g/mol. The minimum Gasteiger partial charge on any atom is -0.354 e. The first-order valence-corrected chi connectivity index (χ1v) is 7.58. The molecule has 0 heterocycles. The summed E-state index contributed by atoms with van der Waals surface area (Å²) in [5, 5.41) is 6.49. The van der Waals surface area contributed by atoms with Crippen molar-refractivity contribution in [3.8, 4) is 0 Å². The maximum Gasteiger partial charge on any atom is 0.226 e. The van der Waals surface area contributed by atoms with Crippen molar-refractivity contribution in [2.45, 2.75) is 46.6 Å². The van der Waals surface area contributed by atoms with Crippen LogP contribution in [0.25, 0.3) is 0 Å². The summed E-state index contributed by atoms with van der Waals surface area (Å²) in [5.74, 6) is 0.719. The Morgan fingerprint density at radius 1 is 1.16 bits per heavy atom. The highest BCUT2D eigenvalue weighted by molar-refractivity contribution is 5.85. The van der Waals surface area contributed by atoms with Crippen molar-refractivity contribution < 1.29 is 4.79 Å². The largest absolute Gasteiger partial charge is 0.354 e. The highest BCUT2D eigenvalue weighted by Gasteiger charge is 2.51. The van der Waals surface area contributed by atoms with Crippen LogP contribution in [0.3, 0.4) is 0 Å². The van der Waals surface area contributed by atoms with Gasteiger partial charge in [0.15, 0.2) is 0 Å². The first-order valence-electron chi connectivity index (χ1n) is 7.58. The molecule has 0 bridgehead atoms. The number of amides is 1. The molecule has 1 aliphatic carbocycles. The van der Waals surface area contributed by atoms with Gasteiger partial charge < -0.3 is 15.5 Å². The van der Waals surface area contributed by atoms with E-state index in [9.17, 15) is 4.79 Å². The second kappa shape index (κ2) is 7.25. The summed E-state index contributed by atoms with van der Waals surface area (Å²) in [4.78, 5) is 14.4. The van der Waals surface area contributed by atoms with E-state index in [1.165, 1.54) is 0 Å². The Balaban J connectivity index is 2.11. The Morgan fingerprint density at radius 2 is 1.74 bits per heavy atom. The molecule has 0 aliphatic heterocycles. The first-order chi connectivity index (χ1) is 8.88. The van der Waals surface area contributed by atoms with Gasteiger partial charge in [-0.2, -0.15) is 0 Å². The van der Waals surface area contributed by atoms with Gasteiger partial charge in [-0.25, -0.2) is 0 Å². The van der Waals surface area contributed by atoms with Crippen molar-refractivity contribution in [1.29, 1.82) is 0 Å². The van der Waals surface area contributed by atoms with Crippen molar-refractivity contribution in [2.24, 2.45) is 11.3 Å². The SMILES string of the molecule is CC(C)NCCN(C)CCNC(=O)C1(C(C)C)CC1. The molecule has 0 atom stereocenters. The van der Waals surface area contributed by atoms with E-state index in [0.717, 1.165) is 39.0 Å². The molecule has 1 rings (SSSR count). The number of nitrogens with one attached hydrogen (secondary N) is 2. The standard InChI is InChI=1S/C15H31N3O/c1-12(2)15(6-7-15)14(19)17-9-11-18(5)10-8-16-13(3)4/h12-13,16H,6-11H2,1-5H3,(H,17,19). The van der Waals surface area contributed by atoms with Crippen molar-refractivity contribution in [1.82, 2.24) is 15.5 Å². The average Bonchev–Trinajstić information content (AvgIpc) is 3.09. The molecule has 4 heteroatoms. The second-order valence-electron chi connectivity index (χ2n) is 6.48. The van der Waals surface area contributed by atoms with Gasteiger partial charge in [0.2, 0.25) is 5.91 Å². The fourth-order valence-corrected chi connectivity index (χ4v) is 2.39. The van der Waals surface area contributed by atoms with E-state index in [1.807, 2.05) is 0 Å². The van der Waals surface area contributed by atoms with E-state index in [2.05, 4.69) is 50.3 Å². The number of nitrogens with zero attached hydrogens (tertiary/aromatic N) is 1. The maximum absolute atomic E-state index is 12.1. The summed E-state index contributed by atoms with van der Waals surface area (Å²) >= 11 is 0. The number of rotatable bonds is 9. The second-order valence-corrected chi connectivity index (χ2v) is 6.48. The van der Waals surface area contributed by atoms with Crippen molar-refractivity contribution in [3.63, 3.8) is 0 Å². The highest BCUT2D eigenvalue weighted by atomic mass is 16.2. The minimum atomic E-state index is -0.0439. The van der Waals surface area contributed by atoms with Crippen LogP contribution in [0, 0.1) is 11.3 Å². The smallest absolute Gasteiger partial charge is 0.226 e. The molecule has 2 N–H and O–H groups in total. The van der Waals surface area contributed by atoms with Gasteiger partial charge in [0.1, 0.15) is 0 Å². The van der Waals surface area contributed by atoms with Crippen LogP contribution in [0.1, 0.15) is 40.5 Å². The van der Waals surface area contributed by atoms with Crippen LogP contribution in [-0.2, 0) is 4.79 Å². The number of hydrogen-bond acceptors (Lipinski definition) is 3. The summed E-state index contributed by atoms with van der Waals surface area (Å²) in [7, 11) is 2.10. The zero-order valence-corrected chi connectivity index (χ0v) is 13.3. The Kier molecular flexibility index (Phi) is 6.27. The van der Waals surface area contributed by atoms with Gasteiger partial charge in [-0.15, -0.1) is 0 Å². The normalized spacial score (nSPS) is 17.3. The quantitative estimate of drug-likeness (QED) is 0.666. The summed E-state index contributed by atoms with van der Waals surface area (Å²) in [5.41, 5.74) is -0.0439. The van der Waals surface area contributed by atoms with E-state index in [-0.39, 0.29) is 11.3 Å². The Morgan fingerprint density at radius 3 is 2.21 bits per heavy atom. The van der Waals surface area contributed by atoms with E-state index >= 15 is 0 Å². The lowest BCUT2D eigenvalue weighted by molar-refractivity contribution is -0.127. The third-order valence-electron chi connectivity index (χ3n) is 4.17. The molecule has 0 radical (unpaired) electrons. The van der Waals surface area contributed by atoms with Crippen LogP contribution in [0.15, 0.2) is 0 Å². The Labute approximate surface area is 118 Å². The molecule has 0 aromatic rings. The van der Waals surface area contributed by atoms with Crippen LogP contribution in [0.4, 0.5) is 0 Å². The molecule has 0 saturated heterocycles. The minimum absolute atomic E-state index is 0.0439. The fourth-order valence-electron chi connectivity index (χ4n) is 2.39. The van der Waals surface area contributed by atoms with Crippen LogP contribution in [0.5, 0.6) is 0 Å². The Bertz CT molecular complexity index is 285. The number of hydrogen-bond donors (Lipinski definition) is 2. The van der Waals surface area contributed by atoms with Gasteiger partial charge >= 0.3 is 0 Å². The van der Waals surface area contributed by atoms with Crippen LogP contribution >= 0.6 is 0 Å². The zero-order valence-electron chi connectivity index (χ0n) is 13.3. The van der Waals surface area contributed by atoms with E-state index in [1.54, 1.807) is 0 Å². The molecule has 0 unspecified atom stereocenters. The van der Waals surface area contributed by atoms with E-state index in [4.69, 9.17) is 0 Å². The van der Waals surface area contributed by atoms with Crippen LogP contribution < -0.4 is 10.6 Å². The van der Waals surface area contributed by atoms with Crippen molar-refractivity contribution >= 4 is 5.91 Å². The van der Waals surface area contributed by atoms with Gasteiger partial charge in [0.05, 0.1) is 5.41 Å². The molecule has 1 aliphatic rings. The van der Waals surface area contributed by atoms with Gasteiger partial charge in [-0.05, 0) is 25.8 Å². The number of carbonyl (C=O) groups is 1. The summed E-state index contributed by atoms with van der Waals surface area (Å²) in [6.07, 6.45) is 2.12. The molecule has 19 heavy (non-hydrogen) atoms.